The number of carbonyl (C=O) groups is 1. The lowest BCUT2D eigenvalue weighted by atomic mass is 9.67. The van der Waals surface area contributed by atoms with Gasteiger partial charge in [0.05, 0.1) is 36.2 Å². The number of hydrogen-bond acceptors (Lipinski definition) is 9. The Bertz CT molecular complexity index is 1640. The number of amides is 1. The van der Waals surface area contributed by atoms with Gasteiger partial charge in [-0.3, -0.25) is 24.4 Å². The smallest absolute Gasteiger partial charge is 0.222 e. The van der Waals surface area contributed by atoms with Crippen LogP contribution in [-0.4, -0.2) is 156 Å². The highest BCUT2D eigenvalue weighted by Gasteiger charge is 2.59. The molecule has 8 aliphatic heterocycles. The zero-order chi connectivity index (χ0) is 46.9. The summed E-state index contributed by atoms with van der Waals surface area (Å²) in [6.07, 6.45) is 12.1. The van der Waals surface area contributed by atoms with E-state index in [0.29, 0.717) is 72.2 Å². The van der Waals surface area contributed by atoms with Crippen molar-refractivity contribution in [3.05, 3.63) is 24.2 Å². The molecule has 11 heteroatoms. The van der Waals surface area contributed by atoms with Crippen LogP contribution in [0.4, 0.5) is 0 Å². The van der Waals surface area contributed by atoms with Gasteiger partial charge in [0.15, 0.2) is 0 Å². The quantitative estimate of drug-likeness (QED) is 0.254. The summed E-state index contributed by atoms with van der Waals surface area (Å²) < 4.78 is 8.39. The fraction of sp³-hybridized carbons (Fsp3) is 0.906. The molecule has 9 atom stereocenters. The van der Waals surface area contributed by atoms with Crippen molar-refractivity contribution in [2.45, 2.75) is 241 Å². The van der Waals surface area contributed by atoms with E-state index in [0.717, 1.165) is 68.9 Å². The third kappa shape index (κ3) is 10.8. The summed E-state index contributed by atoms with van der Waals surface area (Å²) in [7, 11) is 0. The number of aromatic nitrogens is 3. The average Bonchev–Trinajstić information content (AvgIpc) is 4.09. The van der Waals surface area contributed by atoms with Crippen LogP contribution in [0.25, 0.3) is 0 Å². The first-order valence-electron chi connectivity index (χ1n) is 26.5. The molecule has 11 nitrogen and oxygen atoms in total. The number of ether oxygens (including phenoxy) is 1. The molecule has 9 rings (SSSR count). The number of fused-ring (bicyclic) bond motifs is 4. The molecule has 1 amide bonds. The van der Waals surface area contributed by atoms with Crippen molar-refractivity contribution < 1.29 is 9.53 Å². The molecule has 0 radical (unpaired) electrons. The average molecular weight is 892 g/mol. The molecular weight excluding hydrogens is 795 g/mol. The van der Waals surface area contributed by atoms with Crippen LogP contribution >= 0.6 is 0 Å². The first kappa shape index (κ1) is 51.3. The number of rotatable bonds is 8. The van der Waals surface area contributed by atoms with Gasteiger partial charge in [0, 0.05) is 112 Å². The van der Waals surface area contributed by atoms with Gasteiger partial charge in [0.1, 0.15) is 0 Å². The van der Waals surface area contributed by atoms with Crippen LogP contribution in [0.5, 0.6) is 0 Å². The van der Waals surface area contributed by atoms with Crippen LogP contribution in [0.15, 0.2) is 18.5 Å². The van der Waals surface area contributed by atoms with Gasteiger partial charge in [-0.15, -0.1) is 5.10 Å². The van der Waals surface area contributed by atoms with Crippen LogP contribution in [-0.2, 0) is 16.1 Å². The van der Waals surface area contributed by atoms with E-state index >= 15 is 0 Å². The highest BCUT2D eigenvalue weighted by molar-refractivity contribution is 5.79. The Kier molecular flexibility index (Phi) is 17.2. The van der Waals surface area contributed by atoms with E-state index in [9.17, 15) is 4.79 Å². The molecule has 2 bridgehead atoms. The lowest BCUT2D eigenvalue weighted by Crippen LogP contribution is -2.60. The van der Waals surface area contributed by atoms with Gasteiger partial charge in [-0.25, -0.2) is 4.68 Å². The highest BCUT2D eigenvalue weighted by atomic mass is 16.5. The SMILES string of the molecule is C=C1CCC2C(C(C)C)N(C(C)C)CCN12.CC(C)C1C2CC3CCC2(CCN1C(C)C)O3.CC(C)C1CN2C(=O)CCC2CN1C(C)C.CC(C)C1c2cnnn2CCN1C(C)C. The fourth-order valence-electron chi connectivity index (χ4n) is 13.9. The number of carbonyl (C=O) groups excluding carboxylic acids is 1. The first-order chi connectivity index (χ1) is 30.2. The van der Waals surface area contributed by atoms with E-state index < -0.39 is 0 Å². The minimum Gasteiger partial charge on any atom is -0.371 e. The van der Waals surface area contributed by atoms with Crippen LogP contribution < -0.4 is 0 Å². The molecule has 64 heavy (non-hydrogen) atoms. The molecule has 1 aromatic heterocycles. The molecule has 1 spiro atoms. The standard InChI is InChI=1S/C15H27NO.C14H26N2.C13H24N2O.C11H20N4/c1-10(2)14-13-9-12-5-6-15(13,17-12)7-8-16(14)11(3)4;1-10(2)14-13-7-6-12(5)16(13)9-8-15(14)11(3)4;1-9(2)12-8-15-11(5-6-13(15)16)7-14(12)10(3)4;1-8(2)11-10-7-12-13-15(10)6-5-14(11)9(3)4/h10-14H,5-9H2,1-4H3;10-11,13-14H,5-9H2,1-4H3;9-12H,5-8H2,1-4H3;7-9,11H,5-6H2,1-4H3. The second-order valence-corrected chi connectivity index (χ2v) is 23.7. The maximum Gasteiger partial charge on any atom is 0.222 e. The number of hydrogen-bond donors (Lipinski definition) is 0. The molecule has 0 saturated carbocycles. The monoisotopic (exact) mass is 892 g/mol. The predicted molar refractivity (Wildman–Crippen MR) is 264 cm³/mol. The van der Waals surface area contributed by atoms with E-state index in [2.05, 4.69) is 157 Å². The van der Waals surface area contributed by atoms with Gasteiger partial charge < -0.3 is 14.5 Å². The van der Waals surface area contributed by atoms with Crippen molar-refractivity contribution in [3.63, 3.8) is 0 Å². The Balaban J connectivity index is 0.000000142. The van der Waals surface area contributed by atoms with Gasteiger partial charge in [-0.05, 0) is 124 Å². The van der Waals surface area contributed by atoms with Gasteiger partial charge in [0.2, 0.25) is 5.91 Å². The van der Waals surface area contributed by atoms with Crippen molar-refractivity contribution >= 4 is 5.91 Å². The number of nitrogens with zero attached hydrogens (tertiary/aromatic N) is 9. The van der Waals surface area contributed by atoms with E-state index in [1.807, 2.05) is 10.9 Å². The summed E-state index contributed by atoms with van der Waals surface area (Å²) >= 11 is 0. The first-order valence-corrected chi connectivity index (χ1v) is 26.5. The van der Waals surface area contributed by atoms with Gasteiger partial charge in [0.25, 0.3) is 0 Å². The number of likely N-dealkylation sites (tertiary alicyclic amines) is 1. The van der Waals surface area contributed by atoms with E-state index in [4.69, 9.17) is 4.74 Å². The molecule has 8 aliphatic rings. The van der Waals surface area contributed by atoms with Crippen molar-refractivity contribution in [2.24, 2.45) is 29.6 Å². The van der Waals surface area contributed by atoms with Gasteiger partial charge >= 0.3 is 0 Å². The topological polar surface area (TPSA) is 76.5 Å². The summed E-state index contributed by atoms with van der Waals surface area (Å²) in [5, 5.41) is 8.14. The zero-order valence-corrected chi connectivity index (χ0v) is 44.0. The summed E-state index contributed by atoms with van der Waals surface area (Å²) in [5.74, 6) is 3.89. The maximum absolute atomic E-state index is 11.8. The Morgan fingerprint density at radius 2 is 1.27 bits per heavy atom. The highest BCUT2D eigenvalue weighted by Crippen LogP contribution is 2.55. The maximum atomic E-state index is 11.8. The minimum atomic E-state index is 0.283. The third-order valence-electron chi connectivity index (χ3n) is 17.0. The molecule has 0 N–H and O–H groups in total. The van der Waals surface area contributed by atoms with Crippen LogP contribution in [0, 0.1) is 29.6 Å². The number of piperazine rings is 2. The molecule has 9 heterocycles. The normalized spacial score (nSPS) is 33.2. The van der Waals surface area contributed by atoms with Crippen molar-refractivity contribution in [1.82, 2.24) is 44.4 Å². The lowest BCUT2D eigenvalue weighted by Gasteiger charge is -2.52. The molecule has 0 aromatic carbocycles. The zero-order valence-electron chi connectivity index (χ0n) is 44.0. The predicted octanol–water partition coefficient (Wildman–Crippen LogP) is 9.20. The number of allylic oxidation sites excluding steroid dienone is 1. The molecule has 9 unspecified atom stereocenters. The lowest BCUT2D eigenvalue weighted by molar-refractivity contribution is -0.133. The van der Waals surface area contributed by atoms with Gasteiger partial charge in [-0.1, -0.05) is 67.2 Å². The third-order valence-corrected chi connectivity index (χ3v) is 17.0. The molecular formula is C53H97N9O2. The van der Waals surface area contributed by atoms with Gasteiger partial charge in [-0.2, -0.15) is 0 Å². The van der Waals surface area contributed by atoms with Crippen LogP contribution in [0.1, 0.15) is 174 Å². The van der Waals surface area contributed by atoms with Crippen molar-refractivity contribution in [1.29, 1.82) is 0 Å². The summed E-state index contributed by atoms with van der Waals surface area (Å²) in [5.41, 5.74) is 2.93. The second-order valence-electron chi connectivity index (χ2n) is 23.7. The Hall–Kier alpha value is -2.05. The molecule has 366 valence electrons. The molecule has 7 saturated heterocycles. The van der Waals surface area contributed by atoms with Crippen molar-refractivity contribution in [3.8, 4) is 0 Å². The minimum absolute atomic E-state index is 0.283. The van der Waals surface area contributed by atoms with Crippen LogP contribution in [0.2, 0.25) is 0 Å². The molecule has 0 aliphatic carbocycles. The van der Waals surface area contributed by atoms with E-state index in [-0.39, 0.29) is 5.60 Å². The summed E-state index contributed by atoms with van der Waals surface area (Å²) in [4.78, 5) is 27.0. The largest absolute Gasteiger partial charge is 0.371 e. The van der Waals surface area contributed by atoms with Crippen LogP contribution in [0.3, 0.4) is 0 Å². The van der Waals surface area contributed by atoms with Crippen molar-refractivity contribution in [2.75, 3.05) is 39.3 Å². The molecule has 1 aromatic rings. The number of piperidine rings is 1. The summed E-state index contributed by atoms with van der Waals surface area (Å²) in [6, 6.07) is 6.20. The Morgan fingerprint density at radius 3 is 1.84 bits per heavy atom. The Morgan fingerprint density at radius 1 is 0.641 bits per heavy atom. The Labute approximate surface area is 392 Å². The van der Waals surface area contributed by atoms with E-state index in [1.54, 1.807) is 0 Å². The molecule has 7 fully saturated rings. The van der Waals surface area contributed by atoms with E-state index in [1.165, 1.54) is 69.6 Å². The fourth-order valence-corrected chi connectivity index (χ4v) is 13.9. The second kappa shape index (κ2) is 21.5. The summed E-state index contributed by atoms with van der Waals surface area (Å²) in [6.45, 7) is 48.9.